The van der Waals surface area contributed by atoms with Gasteiger partial charge in [-0.1, -0.05) is 27.7 Å². The van der Waals surface area contributed by atoms with Crippen molar-refractivity contribution in [2.75, 3.05) is 26.8 Å². The highest BCUT2D eigenvalue weighted by atomic mass is 79.9. The van der Waals surface area contributed by atoms with Crippen molar-refractivity contribution in [3.8, 4) is 5.75 Å². The average molecular weight is 625 g/mol. The van der Waals surface area contributed by atoms with Gasteiger partial charge in [0.25, 0.3) is 0 Å². The molecule has 0 spiro atoms. The Morgan fingerprint density at radius 1 is 1.12 bits per heavy atom. The number of rotatable bonds is 7. The minimum Gasteiger partial charge on any atom is -0.506 e. The molecule has 0 aliphatic carbocycles. The molecule has 0 unspecified atom stereocenters. The van der Waals surface area contributed by atoms with Gasteiger partial charge < -0.3 is 24.0 Å². The van der Waals surface area contributed by atoms with Crippen molar-refractivity contribution in [1.82, 2.24) is 9.47 Å². The van der Waals surface area contributed by atoms with Crippen molar-refractivity contribution in [2.24, 2.45) is 4.99 Å². The Balaban J connectivity index is 1.53. The van der Waals surface area contributed by atoms with Crippen molar-refractivity contribution >= 4 is 67.3 Å². The van der Waals surface area contributed by atoms with Crippen LogP contribution in [0.3, 0.4) is 0 Å². The van der Waals surface area contributed by atoms with Gasteiger partial charge in [-0.15, -0.1) is 0 Å². The Hall–Kier alpha value is -3.50. The molecular formula is C30H30BrN3O5S. The van der Waals surface area contributed by atoms with E-state index in [4.69, 9.17) is 9.47 Å². The Bertz CT molecular complexity index is 1530. The largest absolute Gasteiger partial charge is 0.506 e. The second-order valence-corrected chi connectivity index (χ2v) is 11.4. The Morgan fingerprint density at radius 2 is 1.88 bits per heavy atom. The molecule has 0 radical (unpaired) electrons. The molecule has 3 aromatic rings. The number of aliphatic imine (C=N–C) groups is 1. The summed E-state index contributed by atoms with van der Waals surface area (Å²) in [7, 11) is 1.59. The number of piperidine rings is 1. The quantitative estimate of drug-likeness (QED) is 0.297. The van der Waals surface area contributed by atoms with Gasteiger partial charge in [0.05, 0.1) is 24.3 Å². The maximum absolute atomic E-state index is 13.1. The van der Waals surface area contributed by atoms with E-state index in [9.17, 15) is 14.7 Å². The topological polar surface area (TPSA) is 93.4 Å². The molecular weight excluding hydrogens is 594 g/mol. The minimum absolute atomic E-state index is 0.0270. The zero-order valence-corrected chi connectivity index (χ0v) is 24.8. The first kappa shape index (κ1) is 28.0. The Kier molecular flexibility index (Phi) is 8.66. The van der Waals surface area contributed by atoms with E-state index < -0.39 is 5.97 Å². The van der Waals surface area contributed by atoms with Gasteiger partial charge in [-0.05, 0) is 74.7 Å². The first-order valence-electron chi connectivity index (χ1n) is 13.2. The third-order valence-corrected chi connectivity index (χ3v) is 8.36. The number of benzene rings is 2. The maximum atomic E-state index is 13.1. The number of hydrogen-bond donors (Lipinski definition) is 1. The van der Waals surface area contributed by atoms with Crippen LogP contribution in [-0.2, 0) is 20.9 Å². The normalized spacial score (nSPS) is 17.7. The molecule has 208 valence electrons. The van der Waals surface area contributed by atoms with Crippen molar-refractivity contribution in [3.05, 3.63) is 74.9 Å². The number of fused-ring (bicyclic) bond motifs is 1. The van der Waals surface area contributed by atoms with Crippen LogP contribution in [0.1, 0.15) is 31.7 Å². The number of aromatic nitrogens is 1. The molecule has 1 aromatic heterocycles. The van der Waals surface area contributed by atoms with Crippen molar-refractivity contribution in [1.29, 1.82) is 0 Å². The number of aliphatic hydroxyl groups is 1. The second-order valence-electron chi connectivity index (χ2n) is 9.48. The number of halogens is 1. The zero-order chi connectivity index (χ0) is 28.2. The molecule has 5 rings (SSSR count). The molecule has 10 heteroatoms. The molecule has 3 heterocycles. The lowest BCUT2D eigenvalue weighted by molar-refractivity contribution is -0.138. The van der Waals surface area contributed by atoms with Gasteiger partial charge in [0.1, 0.15) is 28.7 Å². The summed E-state index contributed by atoms with van der Waals surface area (Å²) < 4.78 is 13.3. The third kappa shape index (κ3) is 5.97. The number of methoxy groups -OCH3 is 1. The highest BCUT2D eigenvalue weighted by Gasteiger charge is 2.33. The Labute approximate surface area is 245 Å². The summed E-state index contributed by atoms with van der Waals surface area (Å²) in [5.41, 5.74) is 2.35. The molecule has 0 atom stereocenters. The highest BCUT2D eigenvalue weighted by Crippen LogP contribution is 2.41. The monoisotopic (exact) mass is 623 g/mol. The predicted octanol–water partition coefficient (Wildman–Crippen LogP) is 6.62. The van der Waals surface area contributed by atoms with Crippen molar-refractivity contribution < 1.29 is 24.2 Å². The van der Waals surface area contributed by atoms with E-state index in [-0.39, 0.29) is 30.4 Å². The molecule has 0 saturated carbocycles. The van der Waals surface area contributed by atoms with E-state index in [1.807, 2.05) is 39.9 Å². The number of carbonyl (C=O) groups is 2. The number of aliphatic hydroxyl groups excluding tert-OH is 1. The third-order valence-electron chi connectivity index (χ3n) is 6.85. The minimum atomic E-state index is -0.638. The van der Waals surface area contributed by atoms with Gasteiger partial charge in [-0.3, -0.25) is 4.79 Å². The van der Waals surface area contributed by atoms with Crippen LogP contribution in [0.2, 0.25) is 0 Å². The predicted molar refractivity (Wildman–Crippen MR) is 162 cm³/mol. The van der Waals surface area contributed by atoms with Crippen LogP contribution in [0.4, 0.5) is 5.69 Å². The van der Waals surface area contributed by atoms with Crippen LogP contribution in [0.25, 0.3) is 17.0 Å². The summed E-state index contributed by atoms with van der Waals surface area (Å²) in [4.78, 5) is 33.0. The van der Waals surface area contributed by atoms with Gasteiger partial charge in [0.15, 0.2) is 0 Å². The van der Waals surface area contributed by atoms with E-state index in [0.717, 1.165) is 53.3 Å². The van der Waals surface area contributed by atoms with E-state index in [1.165, 1.54) is 11.8 Å². The Morgan fingerprint density at radius 3 is 2.58 bits per heavy atom. The standard InChI is InChI=1S/C30H30BrN3O5S/c1-3-39-30(37)27-28(36)25(40-29(27)32-21-8-10-22(38-2)11-9-21)15-19-17-34(24-12-7-20(31)16-23(19)24)18-26(35)33-13-5-4-6-14-33/h7-12,15-17,36H,3-6,13-14,18H2,1-2H3/b25-15-,32-29?. The van der Waals surface area contributed by atoms with E-state index >= 15 is 0 Å². The van der Waals surface area contributed by atoms with Crippen LogP contribution in [0, 0.1) is 0 Å². The summed E-state index contributed by atoms with van der Waals surface area (Å²) in [6, 6.07) is 13.0. The summed E-state index contributed by atoms with van der Waals surface area (Å²) in [6.45, 7) is 3.70. The number of esters is 1. The van der Waals surface area contributed by atoms with E-state index in [2.05, 4.69) is 20.9 Å². The van der Waals surface area contributed by atoms with Gasteiger partial charge in [-0.2, -0.15) is 0 Å². The lowest BCUT2D eigenvalue weighted by atomic mass is 10.1. The van der Waals surface area contributed by atoms with Crippen molar-refractivity contribution in [3.63, 3.8) is 0 Å². The zero-order valence-electron chi connectivity index (χ0n) is 22.4. The lowest BCUT2D eigenvalue weighted by Gasteiger charge is -2.27. The number of thioether (sulfide) groups is 1. The summed E-state index contributed by atoms with van der Waals surface area (Å²) in [5.74, 6) is -0.0411. The molecule has 2 aromatic carbocycles. The molecule has 1 N–H and O–H groups in total. The van der Waals surface area contributed by atoms with Gasteiger partial charge in [0.2, 0.25) is 5.91 Å². The second kappa shape index (κ2) is 12.3. The molecule has 40 heavy (non-hydrogen) atoms. The number of nitrogens with zero attached hydrogens (tertiary/aromatic N) is 3. The summed E-state index contributed by atoms with van der Waals surface area (Å²) in [5, 5.41) is 12.5. The molecule has 2 aliphatic heterocycles. The van der Waals surface area contributed by atoms with Crippen molar-refractivity contribution in [2.45, 2.75) is 32.7 Å². The maximum Gasteiger partial charge on any atom is 0.344 e. The van der Waals surface area contributed by atoms with Crippen LogP contribution < -0.4 is 4.74 Å². The van der Waals surface area contributed by atoms with Crippen LogP contribution in [0.15, 0.2) is 74.4 Å². The molecule has 2 aliphatic rings. The van der Waals surface area contributed by atoms with Gasteiger partial charge >= 0.3 is 5.97 Å². The smallest absolute Gasteiger partial charge is 0.344 e. The molecule has 1 amide bonds. The summed E-state index contributed by atoms with van der Waals surface area (Å²) in [6.07, 6.45) is 6.98. The number of amides is 1. The fourth-order valence-corrected chi connectivity index (χ4v) is 6.23. The first-order valence-corrected chi connectivity index (χ1v) is 14.8. The molecule has 8 nitrogen and oxygen atoms in total. The van der Waals surface area contributed by atoms with Gasteiger partial charge in [0, 0.05) is 40.2 Å². The fourth-order valence-electron chi connectivity index (χ4n) is 4.84. The van der Waals surface area contributed by atoms with E-state index in [1.54, 1.807) is 38.3 Å². The molecule has 0 bridgehead atoms. The molecule has 1 saturated heterocycles. The van der Waals surface area contributed by atoms with Crippen LogP contribution in [0.5, 0.6) is 5.75 Å². The first-order chi connectivity index (χ1) is 19.4. The number of carbonyl (C=O) groups excluding carboxylic acids is 2. The SMILES string of the molecule is CCOC(=O)C1=C(O)/C(=C/c2cn(CC(=O)N3CCCCC3)c3ccc(Br)cc23)SC1=Nc1ccc(OC)cc1. The fraction of sp³-hybridized carbons (Fsp3) is 0.300. The highest BCUT2D eigenvalue weighted by molar-refractivity contribution is 9.10. The number of likely N-dealkylation sites (tertiary alicyclic amines) is 1. The average Bonchev–Trinajstić information content (AvgIpc) is 3.45. The number of ether oxygens (including phenoxy) is 2. The molecule has 1 fully saturated rings. The van der Waals surface area contributed by atoms with Gasteiger partial charge in [-0.25, -0.2) is 9.79 Å². The summed E-state index contributed by atoms with van der Waals surface area (Å²) >= 11 is 4.76. The van der Waals surface area contributed by atoms with E-state index in [0.29, 0.717) is 21.4 Å². The lowest BCUT2D eigenvalue weighted by Crippen LogP contribution is -2.37. The van der Waals surface area contributed by atoms with Crippen LogP contribution >= 0.6 is 27.7 Å². The van der Waals surface area contributed by atoms with Crippen LogP contribution in [-0.4, -0.2) is 58.3 Å². The number of hydrogen-bond acceptors (Lipinski definition) is 7.